The van der Waals surface area contributed by atoms with Gasteiger partial charge < -0.3 is 10.3 Å². The van der Waals surface area contributed by atoms with E-state index in [2.05, 4.69) is 30.3 Å². The molecule has 98 valence electrons. The van der Waals surface area contributed by atoms with Crippen LogP contribution in [-0.2, 0) is 6.42 Å². The molecule has 0 bridgehead atoms. The summed E-state index contributed by atoms with van der Waals surface area (Å²) in [5.41, 5.74) is 7.38. The van der Waals surface area contributed by atoms with Crippen molar-refractivity contribution in [1.29, 1.82) is 0 Å². The van der Waals surface area contributed by atoms with Crippen molar-refractivity contribution in [2.45, 2.75) is 33.2 Å². The fourth-order valence-electron chi connectivity index (χ4n) is 2.23. The van der Waals surface area contributed by atoms with E-state index >= 15 is 0 Å². The van der Waals surface area contributed by atoms with Gasteiger partial charge in [0.15, 0.2) is 0 Å². The normalized spacial score (nSPS) is 13.4. The van der Waals surface area contributed by atoms with Crippen molar-refractivity contribution in [3.05, 3.63) is 29.8 Å². The first-order valence-corrected chi connectivity index (χ1v) is 6.39. The smallest absolute Gasteiger partial charge is 0.125 e. The predicted molar refractivity (Wildman–Crippen MR) is 72.0 cm³/mol. The fourth-order valence-corrected chi connectivity index (χ4v) is 2.23. The summed E-state index contributed by atoms with van der Waals surface area (Å²) in [6, 6.07) is 5.01. The summed E-state index contributed by atoms with van der Waals surface area (Å²) >= 11 is 0. The van der Waals surface area contributed by atoms with Crippen molar-refractivity contribution in [1.82, 2.24) is 9.55 Å². The topological polar surface area (TPSA) is 43.8 Å². The summed E-state index contributed by atoms with van der Waals surface area (Å²) in [6.45, 7) is 6.91. The minimum atomic E-state index is -0.220. The maximum atomic E-state index is 13.4. The average molecular weight is 249 g/mol. The molecule has 2 N–H and O–H groups in total. The minimum Gasteiger partial charge on any atom is -0.330 e. The van der Waals surface area contributed by atoms with Gasteiger partial charge in [0.2, 0.25) is 0 Å². The first kappa shape index (κ1) is 13.0. The molecular weight excluding hydrogens is 229 g/mol. The van der Waals surface area contributed by atoms with Crippen LogP contribution in [0.25, 0.3) is 11.0 Å². The maximum absolute atomic E-state index is 13.4. The zero-order valence-electron chi connectivity index (χ0n) is 11.2. The SMILES string of the molecule is CC(CN)Cc1nc2ccc(F)cc2n1C(C)C. The summed E-state index contributed by atoms with van der Waals surface area (Å²) in [7, 11) is 0. The molecule has 0 fully saturated rings. The second kappa shape index (κ2) is 5.06. The van der Waals surface area contributed by atoms with Gasteiger partial charge in [-0.3, -0.25) is 0 Å². The molecule has 0 saturated heterocycles. The van der Waals surface area contributed by atoms with Gasteiger partial charge in [-0.2, -0.15) is 0 Å². The van der Waals surface area contributed by atoms with Gasteiger partial charge >= 0.3 is 0 Å². The van der Waals surface area contributed by atoms with E-state index in [1.807, 2.05) is 0 Å². The van der Waals surface area contributed by atoms with E-state index in [9.17, 15) is 4.39 Å². The molecule has 3 nitrogen and oxygen atoms in total. The third-order valence-corrected chi connectivity index (χ3v) is 3.17. The largest absolute Gasteiger partial charge is 0.330 e. The first-order chi connectivity index (χ1) is 8.52. The number of fused-ring (bicyclic) bond motifs is 1. The highest BCUT2D eigenvalue weighted by Gasteiger charge is 2.15. The highest BCUT2D eigenvalue weighted by Crippen LogP contribution is 2.23. The van der Waals surface area contributed by atoms with Crippen LogP contribution in [0.2, 0.25) is 0 Å². The molecule has 18 heavy (non-hydrogen) atoms. The van der Waals surface area contributed by atoms with Gasteiger partial charge in [-0.05, 0) is 44.5 Å². The van der Waals surface area contributed by atoms with Gasteiger partial charge in [0.25, 0.3) is 0 Å². The van der Waals surface area contributed by atoms with Crippen LogP contribution in [0.5, 0.6) is 0 Å². The van der Waals surface area contributed by atoms with E-state index < -0.39 is 0 Å². The van der Waals surface area contributed by atoms with E-state index in [1.54, 1.807) is 12.1 Å². The van der Waals surface area contributed by atoms with Gasteiger partial charge in [0.1, 0.15) is 11.6 Å². The van der Waals surface area contributed by atoms with Crippen molar-refractivity contribution in [2.24, 2.45) is 11.7 Å². The van der Waals surface area contributed by atoms with Crippen molar-refractivity contribution in [3.8, 4) is 0 Å². The Bertz CT molecular complexity index is 545. The van der Waals surface area contributed by atoms with Gasteiger partial charge in [-0.25, -0.2) is 9.37 Å². The molecule has 1 heterocycles. The number of nitrogens with zero attached hydrogens (tertiary/aromatic N) is 2. The van der Waals surface area contributed by atoms with Crippen LogP contribution in [0, 0.1) is 11.7 Å². The Balaban J connectivity index is 2.55. The number of aromatic nitrogens is 2. The van der Waals surface area contributed by atoms with Crippen molar-refractivity contribution < 1.29 is 4.39 Å². The van der Waals surface area contributed by atoms with Crippen LogP contribution >= 0.6 is 0 Å². The molecule has 1 atom stereocenters. The van der Waals surface area contributed by atoms with Crippen LogP contribution < -0.4 is 5.73 Å². The molecule has 0 amide bonds. The van der Waals surface area contributed by atoms with E-state index in [-0.39, 0.29) is 11.9 Å². The molecule has 2 aromatic rings. The van der Waals surface area contributed by atoms with Gasteiger partial charge in [0, 0.05) is 12.5 Å². The summed E-state index contributed by atoms with van der Waals surface area (Å²) in [5.74, 6) is 1.15. The highest BCUT2D eigenvalue weighted by atomic mass is 19.1. The van der Waals surface area contributed by atoms with E-state index in [0.29, 0.717) is 12.5 Å². The third kappa shape index (κ3) is 2.38. The Morgan fingerprint density at radius 1 is 1.33 bits per heavy atom. The lowest BCUT2D eigenvalue weighted by molar-refractivity contribution is 0.520. The molecule has 0 aliphatic rings. The van der Waals surface area contributed by atoms with E-state index in [4.69, 9.17) is 5.73 Å². The number of nitrogens with two attached hydrogens (primary N) is 1. The number of hydrogen-bond acceptors (Lipinski definition) is 2. The molecule has 0 saturated carbocycles. The molecule has 0 radical (unpaired) electrons. The standard InChI is InChI=1S/C14H20FN3/c1-9(2)18-13-7-11(15)4-5-12(13)17-14(18)6-10(3)8-16/h4-5,7,9-10H,6,8,16H2,1-3H3. The molecule has 4 heteroatoms. The average Bonchev–Trinajstić information content (AvgIpc) is 2.65. The summed E-state index contributed by atoms with van der Waals surface area (Å²) < 4.78 is 15.5. The summed E-state index contributed by atoms with van der Waals surface area (Å²) in [5, 5.41) is 0. The fraction of sp³-hybridized carbons (Fsp3) is 0.500. The molecule has 0 aliphatic carbocycles. The Morgan fingerprint density at radius 3 is 2.67 bits per heavy atom. The van der Waals surface area contributed by atoms with Crippen LogP contribution in [-0.4, -0.2) is 16.1 Å². The van der Waals surface area contributed by atoms with Crippen LogP contribution in [0.1, 0.15) is 32.6 Å². The monoisotopic (exact) mass is 249 g/mol. The van der Waals surface area contributed by atoms with Crippen molar-refractivity contribution >= 4 is 11.0 Å². The second-order valence-electron chi connectivity index (χ2n) is 5.17. The lowest BCUT2D eigenvalue weighted by atomic mass is 10.1. The Hall–Kier alpha value is -1.42. The van der Waals surface area contributed by atoms with Gasteiger partial charge in [0.05, 0.1) is 11.0 Å². The zero-order valence-corrected chi connectivity index (χ0v) is 11.2. The number of halogens is 1. The molecule has 2 rings (SSSR count). The zero-order chi connectivity index (χ0) is 13.3. The van der Waals surface area contributed by atoms with E-state index in [0.717, 1.165) is 23.3 Å². The minimum absolute atomic E-state index is 0.220. The van der Waals surface area contributed by atoms with Crippen molar-refractivity contribution in [3.63, 3.8) is 0 Å². The molecule has 0 aliphatic heterocycles. The Labute approximate surface area is 107 Å². The maximum Gasteiger partial charge on any atom is 0.125 e. The number of imidazole rings is 1. The molecule has 1 aromatic heterocycles. The lowest BCUT2D eigenvalue weighted by Gasteiger charge is -2.15. The second-order valence-corrected chi connectivity index (χ2v) is 5.17. The Kier molecular flexibility index (Phi) is 3.66. The Morgan fingerprint density at radius 2 is 2.06 bits per heavy atom. The van der Waals surface area contributed by atoms with Gasteiger partial charge in [-0.1, -0.05) is 6.92 Å². The first-order valence-electron chi connectivity index (χ1n) is 6.39. The quantitative estimate of drug-likeness (QED) is 0.905. The third-order valence-electron chi connectivity index (χ3n) is 3.17. The van der Waals surface area contributed by atoms with Crippen LogP contribution in [0.4, 0.5) is 4.39 Å². The van der Waals surface area contributed by atoms with Crippen LogP contribution in [0.15, 0.2) is 18.2 Å². The number of benzene rings is 1. The molecule has 1 unspecified atom stereocenters. The summed E-state index contributed by atoms with van der Waals surface area (Å²) in [6.07, 6.45) is 0.824. The highest BCUT2D eigenvalue weighted by molar-refractivity contribution is 5.76. The van der Waals surface area contributed by atoms with E-state index in [1.165, 1.54) is 6.07 Å². The number of rotatable bonds is 4. The number of hydrogen-bond donors (Lipinski definition) is 1. The lowest BCUT2D eigenvalue weighted by Crippen LogP contribution is -2.16. The van der Waals surface area contributed by atoms with Crippen molar-refractivity contribution in [2.75, 3.05) is 6.54 Å². The molecule has 1 aromatic carbocycles. The predicted octanol–water partition coefficient (Wildman–Crippen LogP) is 2.89. The molecule has 0 spiro atoms. The van der Waals surface area contributed by atoms with Gasteiger partial charge in [-0.15, -0.1) is 0 Å². The van der Waals surface area contributed by atoms with Crippen LogP contribution in [0.3, 0.4) is 0 Å². The summed E-state index contributed by atoms with van der Waals surface area (Å²) in [4.78, 5) is 4.60. The molecular formula is C14H20FN3.